The van der Waals surface area contributed by atoms with Crippen LogP contribution in [-0.2, 0) is 11.3 Å². The van der Waals surface area contributed by atoms with Gasteiger partial charge in [0.1, 0.15) is 0 Å². The number of nitrogens with one attached hydrogen (secondary N) is 2. The van der Waals surface area contributed by atoms with E-state index in [1.807, 2.05) is 36.6 Å². The molecule has 0 saturated carbocycles. The van der Waals surface area contributed by atoms with Gasteiger partial charge in [-0.15, -0.1) is 0 Å². The molecular formula is C15H20N4OS. The van der Waals surface area contributed by atoms with Gasteiger partial charge in [-0.2, -0.15) is 16.9 Å². The minimum atomic E-state index is -0.429. The van der Waals surface area contributed by atoms with E-state index in [4.69, 9.17) is 5.73 Å². The summed E-state index contributed by atoms with van der Waals surface area (Å²) in [6, 6.07) is 9.47. The maximum absolute atomic E-state index is 11.8. The molecule has 0 aliphatic carbocycles. The molecule has 2 rings (SSSR count). The fraction of sp³-hybridized carbons (Fsp3) is 0.333. The van der Waals surface area contributed by atoms with Crippen LogP contribution in [0.25, 0.3) is 11.3 Å². The van der Waals surface area contributed by atoms with E-state index in [-0.39, 0.29) is 5.91 Å². The van der Waals surface area contributed by atoms with E-state index in [1.165, 1.54) is 0 Å². The predicted molar refractivity (Wildman–Crippen MR) is 86.8 cm³/mol. The van der Waals surface area contributed by atoms with Gasteiger partial charge in [-0.3, -0.25) is 9.89 Å². The molecule has 1 amide bonds. The molecule has 1 aromatic carbocycles. The topological polar surface area (TPSA) is 83.8 Å². The molecule has 5 nitrogen and oxygen atoms in total. The van der Waals surface area contributed by atoms with Crippen LogP contribution in [0.15, 0.2) is 36.5 Å². The number of nitrogens with zero attached hydrogens (tertiary/aromatic N) is 1. The second-order valence-corrected chi connectivity index (χ2v) is 5.76. The highest BCUT2D eigenvalue weighted by Crippen LogP contribution is 2.16. The first-order valence-corrected chi connectivity index (χ1v) is 8.21. The van der Waals surface area contributed by atoms with Crippen molar-refractivity contribution < 1.29 is 4.79 Å². The van der Waals surface area contributed by atoms with Gasteiger partial charge in [0.25, 0.3) is 0 Å². The average Bonchev–Trinajstić information content (AvgIpc) is 3.05. The number of aromatic amines is 1. The van der Waals surface area contributed by atoms with Crippen LogP contribution in [0.2, 0.25) is 0 Å². The molecule has 1 atom stereocenters. The number of carbonyl (C=O) groups is 1. The fourth-order valence-corrected chi connectivity index (χ4v) is 2.40. The molecule has 0 aliphatic heterocycles. The van der Waals surface area contributed by atoms with E-state index < -0.39 is 6.04 Å². The van der Waals surface area contributed by atoms with Crippen LogP contribution in [-0.4, -0.2) is 34.2 Å². The van der Waals surface area contributed by atoms with Crippen molar-refractivity contribution in [3.63, 3.8) is 0 Å². The number of hydrogen-bond donors (Lipinski definition) is 3. The van der Waals surface area contributed by atoms with Crippen molar-refractivity contribution in [2.24, 2.45) is 5.73 Å². The van der Waals surface area contributed by atoms with Crippen molar-refractivity contribution in [1.29, 1.82) is 0 Å². The van der Waals surface area contributed by atoms with Crippen molar-refractivity contribution in [2.75, 3.05) is 12.0 Å². The number of benzene rings is 1. The Morgan fingerprint density at radius 1 is 1.38 bits per heavy atom. The normalized spacial score (nSPS) is 12.1. The highest BCUT2D eigenvalue weighted by Gasteiger charge is 2.12. The Hall–Kier alpha value is -1.79. The maximum Gasteiger partial charge on any atom is 0.237 e. The van der Waals surface area contributed by atoms with Crippen LogP contribution in [0.1, 0.15) is 12.0 Å². The van der Waals surface area contributed by atoms with Crippen molar-refractivity contribution in [3.8, 4) is 11.3 Å². The number of aromatic nitrogens is 2. The monoisotopic (exact) mass is 304 g/mol. The Morgan fingerprint density at radius 3 is 2.76 bits per heavy atom. The third kappa shape index (κ3) is 4.61. The van der Waals surface area contributed by atoms with Gasteiger partial charge < -0.3 is 11.1 Å². The molecule has 1 heterocycles. The van der Waals surface area contributed by atoms with Crippen LogP contribution in [0.5, 0.6) is 0 Å². The Kier molecular flexibility index (Phi) is 5.83. The average molecular weight is 304 g/mol. The quantitative estimate of drug-likeness (QED) is 0.728. The van der Waals surface area contributed by atoms with Crippen LogP contribution < -0.4 is 11.1 Å². The van der Waals surface area contributed by atoms with E-state index >= 15 is 0 Å². The van der Waals surface area contributed by atoms with Gasteiger partial charge in [-0.05, 0) is 35.6 Å². The molecule has 1 aromatic heterocycles. The maximum atomic E-state index is 11.8. The Morgan fingerprint density at radius 2 is 2.14 bits per heavy atom. The molecule has 21 heavy (non-hydrogen) atoms. The molecule has 6 heteroatoms. The number of rotatable bonds is 7. The van der Waals surface area contributed by atoms with Gasteiger partial charge >= 0.3 is 0 Å². The van der Waals surface area contributed by atoms with E-state index in [1.54, 1.807) is 18.0 Å². The number of nitrogens with two attached hydrogens (primary N) is 1. The molecule has 0 fully saturated rings. The Bertz CT molecular complexity index is 554. The zero-order valence-corrected chi connectivity index (χ0v) is 12.8. The summed E-state index contributed by atoms with van der Waals surface area (Å²) in [5, 5.41) is 9.71. The first kappa shape index (κ1) is 15.6. The summed E-state index contributed by atoms with van der Waals surface area (Å²) in [7, 11) is 0. The van der Waals surface area contributed by atoms with E-state index in [0.29, 0.717) is 13.0 Å². The van der Waals surface area contributed by atoms with Crippen molar-refractivity contribution in [2.45, 2.75) is 19.0 Å². The van der Waals surface area contributed by atoms with Crippen LogP contribution >= 0.6 is 11.8 Å². The summed E-state index contributed by atoms with van der Waals surface area (Å²) in [5.74, 6) is 0.801. The zero-order chi connectivity index (χ0) is 15.1. The number of hydrogen-bond acceptors (Lipinski definition) is 4. The third-order valence-electron chi connectivity index (χ3n) is 3.20. The second kappa shape index (κ2) is 7.85. The van der Waals surface area contributed by atoms with Crippen molar-refractivity contribution >= 4 is 17.7 Å². The largest absolute Gasteiger partial charge is 0.351 e. The second-order valence-electron chi connectivity index (χ2n) is 4.77. The predicted octanol–water partition coefficient (Wildman–Crippen LogP) is 1.77. The van der Waals surface area contributed by atoms with Crippen LogP contribution in [0, 0.1) is 0 Å². The number of H-pyrrole nitrogens is 1. The van der Waals surface area contributed by atoms with Crippen LogP contribution in [0.4, 0.5) is 0 Å². The molecule has 4 N–H and O–H groups in total. The smallest absolute Gasteiger partial charge is 0.237 e. The fourth-order valence-electron chi connectivity index (χ4n) is 1.91. The molecule has 0 spiro atoms. The van der Waals surface area contributed by atoms with E-state index in [0.717, 1.165) is 22.6 Å². The van der Waals surface area contributed by atoms with Gasteiger partial charge in [0.2, 0.25) is 5.91 Å². The van der Waals surface area contributed by atoms with Gasteiger partial charge in [-0.1, -0.05) is 24.3 Å². The number of amides is 1. The molecule has 0 radical (unpaired) electrons. The molecule has 2 aromatic rings. The lowest BCUT2D eigenvalue weighted by Crippen LogP contribution is -2.40. The summed E-state index contributed by atoms with van der Waals surface area (Å²) in [6.07, 6.45) is 4.43. The van der Waals surface area contributed by atoms with E-state index in [9.17, 15) is 4.79 Å². The van der Waals surface area contributed by atoms with Crippen molar-refractivity contribution in [3.05, 3.63) is 42.1 Å². The lowest BCUT2D eigenvalue weighted by atomic mass is 10.1. The molecular weight excluding hydrogens is 284 g/mol. The highest BCUT2D eigenvalue weighted by atomic mass is 32.2. The Labute approximate surface area is 128 Å². The lowest BCUT2D eigenvalue weighted by Gasteiger charge is -2.11. The summed E-state index contributed by atoms with van der Waals surface area (Å²) < 4.78 is 0. The van der Waals surface area contributed by atoms with Crippen LogP contribution in [0.3, 0.4) is 0 Å². The lowest BCUT2D eigenvalue weighted by molar-refractivity contribution is -0.122. The summed E-state index contributed by atoms with van der Waals surface area (Å²) in [6.45, 7) is 0.495. The molecule has 0 unspecified atom stereocenters. The molecule has 0 saturated heterocycles. The molecule has 112 valence electrons. The summed E-state index contributed by atoms with van der Waals surface area (Å²) in [4.78, 5) is 11.8. The highest BCUT2D eigenvalue weighted by molar-refractivity contribution is 7.98. The van der Waals surface area contributed by atoms with Gasteiger partial charge in [0, 0.05) is 12.7 Å². The minimum absolute atomic E-state index is 0.0957. The Balaban J connectivity index is 1.85. The van der Waals surface area contributed by atoms with Crippen molar-refractivity contribution in [1.82, 2.24) is 15.5 Å². The SMILES string of the molecule is CSCC[C@@H](N)C(=O)NCc1ccc(-c2ccn[nH]2)cc1. The first-order valence-electron chi connectivity index (χ1n) is 6.81. The standard InChI is InChI=1S/C15H20N4OS/c1-21-9-7-13(16)15(20)17-10-11-2-4-12(5-3-11)14-6-8-18-19-14/h2-6,8,13H,7,9-10,16H2,1H3,(H,17,20)(H,18,19)/t13-/m1/s1. The first-order chi connectivity index (χ1) is 10.2. The zero-order valence-electron chi connectivity index (χ0n) is 12.0. The summed E-state index contributed by atoms with van der Waals surface area (Å²) >= 11 is 1.69. The number of carbonyl (C=O) groups excluding carboxylic acids is 1. The van der Waals surface area contributed by atoms with Gasteiger partial charge in [0.05, 0.1) is 11.7 Å². The van der Waals surface area contributed by atoms with Gasteiger partial charge in [0.15, 0.2) is 0 Å². The van der Waals surface area contributed by atoms with Gasteiger partial charge in [-0.25, -0.2) is 0 Å². The molecule has 0 bridgehead atoms. The molecule has 0 aliphatic rings. The number of thioether (sulfide) groups is 1. The minimum Gasteiger partial charge on any atom is -0.351 e. The van der Waals surface area contributed by atoms with E-state index in [2.05, 4.69) is 15.5 Å². The third-order valence-corrected chi connectivity index (χ3v) is 3.85. The summed E-state index contributed by atoms with van der Waals surface area (Å²) in [5.41, 5.74) is 8.91.